The zero-order chi connectivity index (χ0) is 24.6. The molecule has 0 saturated carbocycles. The summed E-state index contributed by atoms with van der Waals surface area (Å²) in [4.78, 5) is 14.2. The molecule has 0 amide bonds. The molecule has 2 aromatic carbocycles. The molecule has 1 aliphatic heterocycles. The molecule has 2 atom stereocenters. The number of H-pyrrole nitrogens is 1. The van der Waals surface area contributed by atoms with Crippen molar-refractivity contribution in [1.82, 2.24) is 20.2 Å². The molecule has 0 spiro atoms. The first kappa shape index (κ1) is 23.2. The van der Waals surface area contributed by atoms with Gasteiger partial charge in [0.25, 0.3) is 0 Å². The predicted octanol–water partition coefficient (Wildman–Crippen LogP) is 5.59. The minimum atomic E-state index is -4.81. The molecule has 1 aliphatic rings. The van der Waals surface area contributed by atoms with Crippen molar-refractivity contribution in [2.24, 2.45) is 0 Å². The lowest BCUT2D eigenvalue weighted by Gasteiger charge is -2.29. The summed E-state index contributed by atoms with van der Waals surface area (Å²) < 4.78 is 53.3. The number of benzene rings is 2. The van der Waals surface area contributed by atoms with E-state index < -0.39 is 23.8 Å². The number of fused-ring (bicyclic) bond motifs is 2. The Bertz CT molecular complexity index is 1350. The van der Waals surface area contributed by atoms with Gasteiger partial charge in [-0.15, -0.1) is 0 Å². The van der Waals surface area contributed by atoms with Crippen molar-refractivity contribution < 1.29 is 27.5 Å². The first-order valence-electron chi connectivity index (χ1n) is 10.6. The highest BCUT2D eigenvalue weighted by Crippen LogP contribution is 2.51. The van der Waals surface area contributed by atoms with Gasteiger partial charge < -0.3 is 9.47 Å². The maximum Gasteiger partial charge on any atom is 0.469 e. The molecule has 2 N–H and O–H groups in total. The van der Waals surface area contributed by atoms with Gasteiger partial charge in [0.05, 0.1) is 17.0 Å². The highest BCUT2D eigenvalue weighted by Gasteiger charge is 2.64. The van der Waals surface area contributed by atoms with Gasteiger partial charge in [-0.2, -0.15) is 18.3 Å². The summed E-state index contributed by atoms with van der Waals surface area (Å²) in [6.07, 6.45) is -4.27. The summed E-state index contributed by atoms with van der Waals surface area (Å²) in [5.74, 6) is -3.50. The molecule has 5 rings (SSSR count). The van der Waals surface area contributed by atoms with Crippen molar-refractivity contribution in [2.75, 3.05) is 11.2 Å². The fourth-order valence-corrected chi connectivity index (χ4v) is 4.50. The summed E-state index contributed by atoms with van der Waals surface area (Å²) in [5.41, 5.74) is 5.67. The van der Waals surface area contributed by atoms with Gasteiger partial charge in [0.2, 0.25) is 0 Å². The molecular weight excluding hydrogens is 483 g/mol. The van der Waals surface area contributed by atoms with Crippen molar-refractivity contribution in [1.29, 1.82) is 0 Å². The minimum absolute atomic E-state index is 0.0155. The van der Waals surface area contributed by atoms with Gasteiger partial charge in [-0.3, -0.25) is 20.4 Å². The molecule has 0 bridgehead atoms. The fourth-order valence-electron chi connectivity index (χ4n) is 3.65. The molecular formula is C23H20F3N5O3S. The normalized spacial score (nSPS) is 18.1. The number of aromatic nitrogens is 4. The molecule has 2 unspecified atom stereocenters. The van der Waals surface area contributed by atoms with Gasteiger partial charge in [0.1, 0.15) is 12.4 Å². The van der Waals surface area contributed by atoms with E-state index >= 15 is 0 Å². The van der Waals surface area contributed by atoms with Crippen LogP contribution >= 0.6 is 11.8 Å². The van der Waals surface area contributed by atoms with Crippen LogP contribution in [0.2, 0.25) is 0 Å². The molecule has 35 heavy (non-hydrogen) atoms. The lowest BCUT2D eigenvalue weighted by molar-refractivity contribution is -0.298. The summed E-state index contributed by atoms with van der Waals surface area (Å²) in [6.45, 7) is 3.61. The predicted molar refractivity (Wildman–Crippen MR) is 123 cm³/mol. The maximum atomic E-state index is 14.1. The molecule has 3 heterocycles. The molecule has 12 heteroatoms. The van der Waals surface area contributed by atoms with Crippen LogP contribution in [0.4, 0.5) is 18.9 Å². The van der Waals surface area contributed by atoms with E-state index in [4.69, 9.17) is 14.3 Å². The van der Waals surface area contributed by atoms with Crippen molar-refractivity contribution in [3.05, 3.63) is 66.1 Å². The quantitative estimate of drug-likeness (QED) is 0.249. The monoisotopic (exact) mass is 503 g/mol. The Hall–Kier alpha value is -3.51. The Morgan fingerprint density at radius 1 is 1.14 bits per heavy atom. The zero-order valence-corrected chi connectivity index (χ0v) is 19.4. The van der Waals surface area contributed by atoms with Crippen LogP contribution in [-0.4, -0.2) is 37.9 Å². The van der Waals surface area contributed by atoms with Gasteiger partial charge in [-0.05, 0) is 44.2 Å². The number of thioether (sulfide) groups is 1. The molecule has 8 nitrogen and oxygen atoms in total. The number of nitrogens with zero attached hydrogens (tertiary/aromatic N) is 3. The number of aromatic amines is 1. The number of hydrogen-bond acceptors (Lipinski definition) is 8. The molecule has 0 radical (unpaired) electrons. The first-order valence-corrected chi connectivity index (χ1v) is 11.6. The minimum Gasteiger partial charge on any atom is -0.440 e. The van der Waals surface area contributed by atoms with Gasteiger partial charge in [-0.25, -0.2) is 4.98 Å². The van der Waals surface area contributed by atoms with Crippen LogP contribution in [0.1, 0.15) is 24.3 Å². The van der Waals surface area contributed by atoms with Gasteiger partial charge in [0.15, 0.2) is 16.7 Å². The largest absolute Gasteiger partial charge is 0.469 e. The highest BCUT2D eigenvalue weighted by molar-refractivity contribution is 7.99. The molecule has 0 fully saturated rings. The smallest absolute Gasteiger partial charge is 0.440 e. The third-order valence-corrected chi connectivity index (χ3v) is 6.42. The summed E-state index contributed by atoms with van der Waals surface area (Å²) in [5, 5.41) is 7.24. The van der Waals surface area contributed by atoms with Crippen molar-refractivity contribution >= 4 is 28.4 Å². The van der Waals surface area contributed by atoms with E-state index in [-0.39, 0.29) is 16.7 Å². The summed E-state index contributed by atoms with van der Waals surface area (Å²) in [7, 11) is 0. The summed E-state index contributed by atoms with van der Waals surface area (Å²) in [6, 6.07) is 14.0. The van der Waals surface area contributed by atoms with Gasteiger partial charge in [-0.1, -0.05) is 30.0 Å². The van der Waals surface area contributed by atoms with E-state index in [1.807, 2.05) is 37.3 Å². The van der Waals surface area contributed by atoms with Gasteiger partial charge in [0, 0.05) is 16.6 Å². The number of alkyl halides is 3. The topological polar surface area (TPSA) is 94.2 Å². The number of rotatable bonds is 7. The standard InChI is InChI=1S/C23H20F3N5O3S/c1-13-9-10-16-17(29-13)6-4-7-18(16)31-34-14(2)15-5-3-8-19-20(15)33-22(32-19,23(24,25)26)11-35-21-27-12-28-30-21/h3-10,12,14,31H,11H2,1-2H3,(H,27,28,30). The van der Waals surface area contributed by atoms with Crippen LogP contribution < -0.4 is 15.0 Å². The van der Waals surface area contributed by atoms with E-state index in [0.29, 0.717) is 11.3 Å². The van der Waals surface area contributed by atoms with Crippen LogP contribution in [0.25, 0.3) is 10.9 Å². The van der Waals surface area contributed by atoms with E-state index in [0.717, 1.165) is 28.4 Å². The Labute approximate surface area is 202 Å². The van der Waals surface area contributed by atoms with Crippen LogP contribution in [0.15, 0.2) is 60.0 Å². The Kier molecular flexibility index (Phi) is 5.93. The maximum absolute atomic E-state index is 14.1. The second-order valence-corrected chi connectivity index (χ2v) is 8.86. The van der Waals surface area contributed by atoms with Crippen LogP contribution in [-0.2, 0) is 4.84 Å². The first-order chi connectivity index (χ1) is 16.8. The average Bonchev–Trinajstić information content (AvgIpc) is 3.48. The summed E-state index contributed by atoms with van der Waals surface area (Å²) >= 11 is 0.796. The van der Waals surface area contributed by atoms with E-state index in [9.17, 15) is 13.2 Å². The third-order valence-electron chi connectivity index (χ3n) is 5.43. The van der Waals surface area contributed by atoms with E-state index in [1.165, 1.54) is 12.4 Å². The number of aryl methyl sites for hydroxylation is 1. The van der Waals surface area contributed by atoms with Crippen molar-refractivity contribution in [2.45, 2.75) is 37.1 Å². The zero-order valence-electron chi connectivity index (χ0n) is 18.6. The molecule has 182 valence electrons. The second-order valence-electron chi connectivity index (χ2n) is 7.90. The third kappa shape index (κ3) is 4.46. The van der Waals surface area contributed by atoms with Gasteiger partial charge >= 0.3 is 12.0 Å². The molecule has 4 aromatic rings. The van der Waals surface area contributed by atoms with Crippen LogP contribution in [0.5, 0.6) is 11.5 Å². The molecule has 0 saturated heterocycles. The number of hydrogen-bond donors (Lipinski definition) is 2. The van der Waals surface area contributed by atoms with Crippen molar-refractivity contribution in [3.8, 4) is 11.5 Å². The lowest BCUT2D eigenvalue weighted by atomic mass is 10.1. The Balaban J connectivity index is 1.37. The lowest BCUT2D eigenvalue weighted by Crippen LogP contribution is -2.54. The number of ether oxygens (including phenoxy) is 2. The SMILES string of the molecule is Cc1ccc2c(NOC(C)c3cccc4c3OC(CSc3ncn[nH]3)(C(F)(F)F)O4)cccc2n1. The number of nitrogens with one attached hydrogen (secondary N) is 2. The highest BCUT2D eigenvalue weighted by atomic mass is 32.2. The van der Waals surface area contributed by atoms with Crippen LogP contribution in [0.3, 0.4) is 0 Å². The van der Waals surface area contributed by atoms with E-state index in [1.54, 1.807) is 19.1 Å². The Morgan fingerprint density at radius 2 is 1.97 bits per heavy atom. The molecule has 2 aromatic heterocycles. The van der Waals surface area contributed by atoms with Crippen LogP contribution in [0, 0.1) is 6.92 Å². The average molecular weight is 504 g/mol. The number of halogens is 3. The van der Waals surface area contributed by atoms with Crippen molar-refractivity contribution in [3.63, 3.8) is 0 Å². The second kappa shape index (κ2) is 8.93. The fraction of sp³-hybridized carbons (Fsp3) is 0.261. The molecule has 0 aliphatic carbocycles. The number of para-hydroxylation sites is 1. The Morgan fingerprint density at radius 3 is 2.74 bits per heavy atom. The number of anilines is 1. The van der Waals surface area contributed by atoms with E-state index in [2.05, 4.69) is 25.6 Å². The number of pyridine rings is 1.